The Morgan fingerprint density at radius 3 is 2.33 bits per heavy atom. The maximum atomic E-state index is 12.9. The molecular weight excluding hydrogens is 342 g/mol. The van der Waals surface area contributed by atoms with E-state index in [9.17, 15) is 8.42 Å². The highest BCUT2D eigenvalue weighted by Gasteiger charge is 2.23. The normalized spacial score (nSPS) is 11.7. The van der Waals surface area contributed by atoms with Gasteiger partial charge in [0.1, 0.15) is 0 Å². The number of aromatic amines is 1. The highest BCUT2D eigenvalue weighted by molar-refractivity contribution is 7.92. The molecule has 2 N–H and O–H groups in total. The SMILES string of the molecule is Cc1cc(C)c(C)c(S(=O)(=O)Nc2cc(-c3cccs3)[nH]n2)c1C. The van der Waals surface area contributed by atoms with E-state index < -0.39 is 10.0 Å². The highest BCUT2D eigenvalue weighted by Crippen LogP contribution is 2.29. The van der Waals surface area contributed by atoms with Gasteiger partial charge in [-0.05, 0) is 61.4 Å². The lowest BCUT2D eigenvalue weighted by Gasteiger charge is -2.15. The average Bonchev–Trinajstić information content (AvgIpc) is 3.15. The minimum Gasteiger partial charge on any atom is -0.275 e. The van der Waals surface area contributed by atoms with Crippen molar-refractivity contribution < 1.29 is 8.42 Å². The Bertz CT molecular complexity index is 961. The van der Waals surface area contributed by atoms with Crippen molar-refractivity contribution in [3.63, 3.8) is 0 Å². The van der Waals surface area contributed by atoms with Gasteiger partial charge < -0.3 is 0 Å². The predicted molar refractivity (Wildman–Crippen MR) is 98.1 cm³/mol. The zero-order valence-corrected chi connectivity index (χ0v) is 15.6. The van der Waals surface area contributed by atoms with Crippen LogP contribution in [0.2, 0.25) is 0 Å². The molecule has 0 aliphatic heterocycles. The molecular formula is C17H19N3O2S2. The molecule has 0 bridgehead atoms. The van der Waals surface area contributed by atoms with Crippen LogP contribution in [0.4, 0.5) is 5.82 Å². The van der Waals surface area contributed by atoms with Gasteiger partial charge in [0, 0.05) is 6.07 Å². The third-order valence-electron chi connectivity index (χ3n) is 4.17. The van der Waals surface area contributed by atoms with Gasteiger partial charge in [-0.1, -0.05) is 12.1 Å². The van der Waals surface area contributed by atoms with Crippen LogP contribution in [0.15, 0.2) is 34.5 Å². The van der Waals surface area contributed by atoms with Crippen LogP contribution in [-0.2, 0) is 10.0 Å². The van der Waals surface area contributed by atoms with E-state index in [4.69, 9.17) is 0 Å². The van der Waals surface area contributed by atoms with Gasteiger partial charge in [-0.15, -0.1) is 11.3 Å². The quantitative estimate of drug-likeness (QED) is 0.732. The van der Waals surface area contributed by atoms with Crippen LogP contribution in [0.1, 0.15) is 22.3 Å². The topological polar surface area (TPSA) is 74.8 Å². The van der Waals surface area contributed by atoms with Crippen molar-refractivity contribution in [1.29, 1.82) is 0 Å². The average molecular weight is 361 g/mol. The maximum absolute atomic E-state index is 12.9. The van der Waals surface area contributed by atoms with Crippen LogP contribution in [-0.4, -0.2) is 18.6 Å². The summed E-state index contributed by atoms with van der Waals surface area (Å²) >= 11 is 1.56. The van der Waals surface area contributed by atoms with Gasteiger partial charge in [0.15, 0.2) is 5.82 Å². The lowest BCUT2D eigenvalue weighted by Crippen LogP contribution is -2.17. The van der Waals surface area contributed by atoms with Gasteiger partial charge in [-0.3, -0.25) is 9.82 Å². The van der Waals surface area contributed by atoms with E-state index in [-0.39, 0.29) is 5.82 Å². The van der Waals surface area contributed by atoms with Crippen molar-refractivity contribution in [2.24, 2.45) is 0 Å². The van der Waals surface area contributed by atoms with E-state index in [1.165, 1.54) is 0 Å². The molecule has 2 aromatic heterocycles. The second-order valence-electron chi connectivity index (χ2n) is 5.84. The molecule has 2 heterocycles. The smallest absolute Gasteiger partial charge is 0.263 e. The molecule has 7 heteroatoms. The van der Waals surface area contributed by atoms with Crippen molar-refractivity contribution in [2.75, 3.05) is 4.72 Å². The minimum absolute atomic E-state index is 0.288. The van der Waals surface area contributed by atoms with E-state index in [2.05, 4.69) is 14.9 Å². The number of aryl methyl sites for hydroxylation is 2. The summed E-state index contributed by atoms with van der Waals surface area (Å²) in [6.45, 7) is 7.50. The van der Waals surface area contributed by atoms with Crippen LogP contribution in [0.3, 0.4) is 0 Å². The molecule has 0 fully saturated rings. The zero-order valence-electron chi connectivity index (χ0n) is 14.0. The molecule has 24 heavy (non-hydrogen) atoms. The molecule has 0 saturated heterocycles. The molecule has 3 aromatic rings. The number of nitrogens with zero attached hydrogens (tertiary/aromatic N) is 1. The Labute approximate surface area is 145 Å². The van der Waals surface area contributed by atoms with Crippen molar-refractivity contribution in [3.8, 4) is 10.6 Å². The summed E-state index contributed by atoms with van der Waals surface area (Å²) < 4.78 is 28.3. The van der Waals surface area contributed by atoms with Gasteiger partial charge in [-0.25, -0.2) is 8.42 Å². The van der Waals surface area contributed by atoms with Crippen LogP contribution in [0.25, 0.3) is 10.6 Å². The monoisotopic (exact) mass is 361 g/mol. The van der Waals surface area contributed by atoms with Crippen molar-refractivity contribution in [1.82, 2.24) is 10.2 Å². The summed E-state index contributed by atoms with van der Waals surface area (Å²) in [5, 5.41) is 8.91. The number of nitrogens with one attached hydrogen (secondary N) is 2. The number of benzene rings is 1. The third kappa shape index (κ3) is 2.97. The first-order valence-electron chi connectivity index (χ1n) is 7.49. The Morgan fingerprint density at radius 2 is 1.75 bits per heavy atom. The van der Waals surface area contributed by atoms with E-state index in [0.717, 1.165) is 32.8 Å². The summed E-state index contributed by atoms with van der Waals surface area (Å²) in [4.78, 5) is 1.34. The van der Waals surface area contributed by atoms with Crippen molar-refractivity contribution >= 4 is 27.2 Å². The number of anilines is 1. The molecule has 0 saturated carbocycles. The number of sulfonamides is 1. The largest absolute Gasteiger partial charge is 0.275 e. The van der Waals surface area contributed by atoms with Gasteiger partial charge in [0.25, 0.3) is 10.0 Å². The summed E-state index contributed by atoms with van der Waals surface area (Å²) in [5.74, 6) is 0.288. The Balaban J connectivity index is 1.99. The maximum Gasteiger partial charge on any atom is 0.263 e. The van der Waals surface area contributed by atoms with E-state index >= 15 is 0 Å². The summed E-state index contributed by atoms with van der Waals surface area (Å²) in [5.41, 5.74) is 4.23. The lowest BCUT2D eigenvalue weighted by molar-refractivity contribution is 0.599. The molecule has 0 spiro atoms. The number of H-pyrrole nitrogens is 1. The van der Waals surface area contributed by atoms with E-state index in [1.807, 2.05) is 51.3 Å². The summed E-state index contributed by atoms with van der Waals surface area (Å²) in [6.07, 6.45) is 0. The number of hydrogen-bond acceptors (Lipinski definition) is 4. The van der Waals surface area contributed by atoms with Crippen molar-refractivity contribution in [3.05, 3.63) is 51.9 Å². The zero-order chi connectivity index (χ0) is 17.5. The number of hydrogen-bond donors (Lipinski definition) is 2. The van der Waals surface area contributed by atoms with Crippen molar-refractivity contribution in [2.45, 2.75) is 32.6 Å². The molecule has 3 rings (SSSR count). The van der Waals surface area contributed by atoms with Crippen LogP contribution in [0.5, 0.6) is 0 Å². The first kappa shape index (κ1) is 16.7. The fourth-order valence-electron chi connectivity index (χ4n) is 2.70. The van der Waals surface area contributed by atoms with Gasteiger partial charge in [0.2, 0.25) is 0 Å². The standard InChI is InChI=1S/C17H19N3O2S2/c1-10-8-11(2)13(4)17(12(10)3)24(21,22)20-16-9-14(18-19-16)15-6-5-7-23-15/h5-9H,1-4H3,(H2,18,19,20). The van der Waals surface area contributed by atoms with Gasteiger partial charge in [-0.2, -0.15) is 5.10 Å². The fraction of sp³-hybridized carbons (Fsp3) is 0.235. The lowest BCUT2D eigenvalue weighted by atomic mass is 10.0. The second kappa shape index (κ2) is 6.07. The molecule has 0 aliphatic rings. The summed E-state index contributed by atoms with van der Waals surface area (Å²) in [7, 11) is -3.70. The number of rotatable bonds is 4. The van der Waals surface area contributed by atoms with Gasteiger partial charge in [0.05, 0.1) is 15.5 Å². The first-order chi connectivity index (χ1) is 11.3. The van der Waals surface area contributed by atoms with Gasteiger partial charge >= 0.3 is 0 Å². The molecule has 126 valence electrons. The molecule has 0 amide bonds. The Morgan fingerprint density at radius 1 is 1.08 bits per heavy atom. The fourth-order valence-corrected chi connectivity index (χ4v) is 5.01. The molecule has 0 atom stereocenters. The first-order valence-corrected chi connectivity index (χ1v) is 9.85. The molecule has 5 nitrogen and oxygen atoms in total. The van der Waals surface area contributed by atoms with Crippen LogP contribution >= 0.6 is 11.3 Å². The number of aromatic nitrogens is 2. The third-order valence-corrected chi connectivity index (χ3v) is 6.70. The Hall–Kier alpha value is -2.12. The molecule has 0 unspecified atom stereocenters. The Kier molecular flexibility index (Phi) is 4.23. The molecule has 0 aliphatic carbocycles. The summed E-state index contributed by atoms with van der Waals surface area (Å²) in [6, 6.07) is 7.60. The highest BCUT2D eigenvalue weighted by atomic mass is 32.2. The van der Waals surface area contributed by atoms with Crippen LogP contribution in [0, 0.1) is 27.7 Å². The van der Waals surface area contributed by atoms with Crippen LogP contribution < -0.4 is 4.72 Å². The van der Waals surface area contributed by atoms with E-state index in [0.29, 0.717) is 4.90 Å². The predicted octanol–water partition coefficient (Wildman–Crippen LogP) is 4.17. The second-order valence-corrected chi connectivity index (χ2v) is 8.41. The van der Waals surface area contributed by atoms with E-state index in [1.54, 1.807) is 17.4 Å². The molecule has 1 aromatic carbocycles. The molecule has 0 radical (unpaired) electrons. The minimum atomic E-state index is -3.70. The number of thiophene rings is 1.